The predicted octanol–water partition coefficient (Wildman–Crippen LogP) is 2.70. The normalized spacial score (nSPS) is 16.6. The number of carbonyl (C=O) groups is 2. The molecular formula is C19H19NO5S. The van der Waals surface area contributed by atoms with Crippen molar-refractivity contribution in [1.29, 1.82) is 0 Å². The van der Waals surface area contributed by atoms with Crippen molar-refractivity contribution < 1.29 is 23.1 Å². The van der Waals surface area contributed by atoms with Gasteiger partial charge in [0.2, 0.25) is 0 Å². The van der Waals surface area contributed by atoms with E-state index in [1.807, 2.05) is 0 Å². The molecule has 3 rings (SSSR count). The number of benzene rings is 2. The third kappa shape index (κ3) is 2.99. The molecule has 0 saturated heterocycles. The minimum Gasteiger partial charge on any atom is -0.481 e. The molecule has 0 aromatic heterocycles. The lowest BCUT2D eigenvalue weighted by molar-refractivity contribution is -0.138. The van der Waals surface area contributed by atoms with E-state index in [1.54, 1.807) is 38.1 Å². The first kappa shape index (κ1) is 18.1. The Balaban J connectivity index is 1.92. The molecule has 1 N–H and O–H groups in total. The Kier molecular flexibility index (Phi) is 4.58. The summed E-state index contributed by atoms with van der Waals surface area (Å²) in [5.41, 5.74) is 1.49. The molecule has 2 aromatic rings. The lowest BCUT2D eigenvalue weighted by Gasteiger charge is -2.18. The summed E-state index contributed by atoms with van der Waals surface area (Å²) < 4.78 is 24.4. The van der Waals surface area contributed by atoms with Crippen molar-refractivity contribution in [2.45, 2.75) is 29.9 Å². The van der Waals surface area contributed by atoms with Crippen molar-refractivity contribution in [2.24, 2.45) is 0 Å². The van der Waals surface area contributed by atoms with Crippen molar-refractivity contribution >= 4 is 27.4 Å². The first-order valence-corrected chi connectivity index (χ1v) is 9.75. The van der Waals surface area contributed by atoms with E-state index in [-0.39, 0.29) is 17.3 Å². The van der Waals surface area contributed by atoms with Gasteiger partial charge in [0.25, 0.3) is 5.91 Å². The minimum absolute atomic E-state index is 0.0551. The summed E-state index contributed by atoms with van der Waals surface area (Å²) in [4.78, 5) is 25.9. The quantitative estimate of drug-likeness (QED) is 0.890. The number of carbonyl (C=O) groups excluding carboxylic acids is 1. The summed E-state index contributed by atoms with van der Waals surface area (Å²) in [6.45, 7) is 3.25. The average molecular weight is 373 g/mol. The molecule has 6 nitrogen and oxygen atoms in total. The zero-order valence-electron chi connectivity index (χ0n) is 14.4. The van der Waals surface area contributed by atoms with Gasteiger partial charge in [-0.3, -0.25) is 9.59 Å². The van der Waals surface area contributed by atoms with Crippen molar-refractivity contribution in [3.05, 3.63) is 59.7 Å². The van der Waals surface area contributed by atoms with Crippen LogP contribution in [0, 0.1) is 0 Å². The second-order valence-electron chi connectivity index (χ2n) is 6.48. The van der Waals surface area contributed by atoms with E-state index in [2.05, 4.69) is 0 Å². The molecule has 136 valence electrons. The minimum atomic E-state index is -3.41. The molecule has 7 heteroatoms. The lowest BCUT2D eigenvalue weighted by Crippen LogP contribution is -2.31. The maximum absolute atomic E-state index is 12.9. The van der Waals surface area contributed by atoms with Crippen LogP contribution in [0.5, 0.6) is 0 Å². The molecule has 1 aliphatic heterocycles. The zero-order chi connectivity index (χ0) is 19.1. The van der Waals surface area contributed by atoms with Gasteiger partial charge in [-0.25, -0.2) is 8.42 Å². The Bertz CT molecular complexity index is 964. The number of carboxylic acid groups (broad SMARTS) is 1. The van der Waals surface area contributed by atoms with Crippen LogP contribution in [0.2, 0.25) is 0 Å². The molecule has 0 radical (unpaired) electrons. The Hall–Kier alpha value is -2.67. The fourth-order valence-corrected chi connectivity index (χ4v) is 4.09. The first-order valence-electron chi connectivity index (χ1n) is 8.21. The third-order valence-electron chi connectivity index (χ3n) is 4.56. The topological polar surface area (TPSA) is 91.8 Å². The van der Waals surface area contributed by atoms with E-state index in [0.717, 1.165) is 0 Å². The summed E-state index contributed by atoms with van der Waals surface area (Å²) >= 11 is 0. The summed E-state index contributed by atoms with van der Waals surface area (Å²) in [5, 5.41) is 8.85. The molecule has 26 heavy (non-hydrogen) atoms. The third-order valence-corrected chi connectivity index (χ3v) is 6.73. The van der Waals surface area contributed by atoms with Crippen LogP contribution in [-0.2, 0) is 14.6 Å². The van der Waals surface area contributed by atoms with Crippen LogP contribution < -0.4 is 4.90 Å². The molecule has 0 spiro atoms. The number of amides is 1. The molecule has 1 aliphatic rings. The van der Waals surface area contributed by atoms with Crippen LogP contribution >= 0.6 is 0 Å². The van der Waals surface area contributed by atoms with E-state index >= 15 is 0 Å². The second-order valence-corrected chi connectivity index (χ2v) is 8.99. The van der Waals surface area contributed by atoms with Crippen molar-refractivity contribution in [1.82, 2.24) is 0 Å². The molecule has 1 atom stereocenters. The van der Waals surface area contributed by atoms with Crippen LogP contribution in [-0.4, -0.2) is 37.2 Å². The van der Waals surface area contributed by atoms with Gasteiger partial charge in [0.1, 0.15) is 5.92 Å². The van der Waals surface area contributed by atoms with Crippen molar-refractivity contribution in [2.75, 3.05) is 11.4 Å². The molecule has 0 aliphatic carbocycles. The second kappa shape index (κ2) is 6.57. The van der Waals surface area contributed by atoms with E-state index in [0.29, 0.717) is 16.8 Å². The number of hydrogen-bond donors (Lipinski definition) is 1. The van der Waals surface area contributed by atoms with Gasteiger partial charge in [0.15, 0.2) is 9.84 Å². The number of rotatable bonds is 4. The van der Waals surface area contributed by atoms with Crippen LogP contribution in [0.15, 0.2) is 53.4 Å². The number of fused-ring (bicyclic) bond motifs is 1. The summed E-state index contributed by atoms with van der Waals surface area (Å²) in [7, 11) is -3.41. The molecule has 1 heterocycles. The van der Waals surface area contributed by atoms with Crippen LogP contribution in [0.4, 0.5) is 5.69 Å². The SMILES string of the molecule is CC(C)S(=O)(=O)c1ccc(C(=O)N2CC(C(=O)O)c3ccccc32)cc1. The van der Waals surface area contributed by atoms with Gasteiger partial charge in [-0.05, 0) is 49.7 Å². The molecule has 1 unspecified atom stereocenters. The van der Waals surface area contributed by atoms with Gasteiger partial charge in [-0.2, -0.15) is 0 Å². The Morgan fingerprint density at radius 2 is 1.69 bits per heavy atom. The highest BCUT2D eigenvalue weighted by Crippen LogP contribution is 2.37. The maximum atomic E-state index is 12.9. The summed E-state index contributed by atoms with van der Waals surface area (Å²) in [5.74, 6) is -2.10. The molecule has 1 amide bonds. The molecule has 2 aromatic carbocycles. The zero-order valence-corrected chi connectivity index (χ0v) is 15.2. The fraction of sp³-hybridized carbons (Fsp3) is 0.263. The van der Waals surface area contributed by atoms with Crippen LogP contribution in [0.25, 0.3) is 0 Å². The van der Waals surface area contributed by atoms with E-state index in [9.17, 15) is 23.1 Å². The van der Waals surface area contributed by atoms with Gasteiger partial charge < -0.3 is 10.0 Å². The largest absolute Gasteiger partial charge is 0.481 e. The highest BCUT2D eigenvalue weighted by molar-refractivity contribution is 7.92. The monoisotopic (exact) mass is 373 g/mol. The summed E-state index contributed by atoms with van der Waals surface area (Å²) in [6.07, 6.45) is 0. The molecule has 0 fully saturated rings. The lowest BCUT2D eigenvalue weighted by atomic mass is 10.0. The number of sulfone groups is 1. The Morgan fingerprint density at radius 3 is 2.27 bits per heavy atom. The highest BCUT2D eigenvalue weighted by atomic mass is 32.2. The van der Waals surface area contributed by atoms with Crippen LogP contribution in [0.1, 0.15) is 35.7 Å². The van der Waals surface area contributed by atoms with Gasteiger partial charge in [-0.1, -0.05) is 18.2 Å². The predicted molar refractivity (Wildman–Crippen MR) is 97.3 cm³/mol. The van der Waals surface area contributed by atoms with Gasteiger partial charge in [-0.15, -0.1) is 0 Å². The molecule has 0 saturated carbocycles. The standard InChI is InChI=1S/C19H19NO5S/c1-12(2)26(24,25)14-9-7-13(8-10-14)18(21)20-11-16(19(22)23)15-5-3-4-6-17(15)20/h3-10,12,16H,11H2,1-2H3,(H,22,23). The van der Waals surface area contributed by atoms with Crippen LogP contribution in [0.3, 0.4) is 0 Å². The van der Waals surface area contributed by atoms with Gasteiger partial charge >= 0.3 is 5.97 Å². The number of nitrogens with zero attached hydrogens (tertiary/aromatic N) is 1. The average Bonchev–Trinajstić information content (AvgIpc) is 3.01. The number of aliphatic carboxylic acids is 1. The Labute approximate surface area is 152 Å². The first-order chi connectivity index (χ1) is 12.2. The van der Waals surface area contributed by atoms with Gasteiger partial charge in [0, 0.05) is 17.8 Å². The molecule has 0 bridgehead atoms. The number of para-hydroxylation sites is 1. The van der Waals surface area contributed by atoms with Gasteiger partial charge in [0.05, 0.1) is 10.1 Å². The maximum Gasteiger partial charge on any atom is 0.312 e. The smallest absolute Gasteiger partial charge is 0.312 e. The van der Waals surface area contributed by atoms with E-state index in [4.69, 9.17) is 0 Å². The number of carboxylic acids is 1. The summed E-state index contributed by atoms with van der Waals surface area (Å²) in [6, 6.07) is 12.7. The number of hydrogen-bond acceptors (Lipinski definition) is 4. The highest BCUT2D eigenvalue weighted by Gasteiger charge is 2.36. The van der Waals surface area contributed by atoms with E-state index in [1.165, 1.54) is 29.2 Å². The fourth-order valence-electron chi connectivity index (χ4n) is 3.03. The Morgan fingerprint density at radius 1 is 1.08 bits per heavy atom. The van der Waals surface area contributed by atoms with Crippen molar-refractivity contribution in [3.8, 4) is 0 Å². The number of anilines is 1. The van der Waals surface area contributed by atoms with Crippen molar-refractivity contribution in [3.63, 3.8) is 0 Å². The van der Waals surface area contributed by atoms with E-state index < -0.39 is 27.0 Å². The molecular weight excluding hydrogens is 354 g/mol.